The highest BCUT2D eigenvalue weighted by atomic mass is 32.1. The van der Waals surface area contributed by atoms with Gasteiger partial charge in [-0.25, -0.2) is 0 Å². The number of thiophene rings is 1. The van der Waals surface area contributed by atoms with Crippen LogP contribution in [0.1, 0.15) is 38.5 Å². The van der Waals surface area contributed by atoms with Gasteiger partial charge >= 0.3 is 0 Å². The van der Waals surface area contributed by atoms with Gasteiger partial charge in [-0.05, 0) is 49.4 Å². The minimum absolute atomic E-state index is 0.110. The summed E-state index contributed by atoms with van der Waals surface area (Å²) in [6, 6.07) is 11.8. The Morgan fingerprint density at radius 1 is 1.10 bits per heavy atom. The van der Waals surface area contributed by atoms with Gasteiger partial charge in [0.15, 0.2) is 0 Å². The summed E-state index contributed by atoms with van der Waals surface area (Å²) in [5.74, 6) is 0.110. The van der Waals surface area contributed by atoms with Crippen molar-refractivity contribution >= 4 is 28.0 Å². The number of ketones is 1. The average Bonchev–Trinajstić information content (AvgIpc) is 2.97. The van der Waals surface area contributed by atoms with Crippen LogP contribution in [0.2, 0.25) is 0 Å². The standard InChI is InChI=1S/C18H15NOS/c20-18(16-11-13-5-1-2-9-15(13)21-16)14-8-3-6-12-7-4-10-19-17(12)14/h3-4,6-8,10-11H,1-2,5,9H2. The monoisotopic (exact) mass is 293 g/mol. The number of fused-ring (bicyclic) bond motifs is 2. The maximum atomic E-state index is 12.8. The lowest BCUT2D eigenvalue weighted by atomic mass is 9.98. The molecule has 0 amide bonds. The molecule has 3 heteroatoms. The van der Waals surface area contributed by atoms with Crippen LogP contribution in [0.25, 0.3) is 10.9 Å². The molecule has 0 spiro atoms. The van der Waals surface area contributed by atoms with Crippen molar-refractivity contribution in [1.29, 1.82) is 0 Å². The molecule has 0 unspecified atom stereocenters. The third kappa shape index (κ3) is 2.18. The fourth-order valence-electron chi connectivity index (χ4n) is 3.02. The number of hydrogen-bond donors (Lipinski definition) is 0. The van der Waals surface area contributed by atoms with Gasteiger partial charge in [0.2, 0.25) is 5.78 Å². The molecule has 0 aliphatic heterocycles. The number of benzene rings is 1. The summed E-state index contributed by atoms with van der Waals surface area (Å²) >= 11 is 1.67. The summed E-state index contributed by atoms with van der Waals surface area (Å²) in [4.78, 5) is 19.5. The first-order valence-corrected chi connectivity index (χ1v) is 8.14. The lowest BCUT2D eigenvalue weighted by molar-refractivity contribution is 0.104. The molecule has 0 atom stereocenters. The van der Waals surface area contributed by atoms with Gasteiger partial charge in [0.25, 0.3) is 0 Å². The Kier molecular flexibility index (Phi) is 3.08. The molecule has 21 heavy (non-hydrogen) atoms. The van der Waals surface area contributed by atoms with E-state index in [0.29, 0.717) is 5.56 Å². The minimum atomic E-state index is 0.110. The summed E-state index contributed by atoms with van der Waals surface area (Å²) in [7, 11) is 0. The Morgan fingerprint density at radius 3 is 2.86 bits per heavy atom. The zero-order chi connectivity index (χ0) is 14.2. The van der Waals surface area contributed by atoms with E-state index in [4.69, 9.17) is 0 Å². The fraction of sp³-hybridized carbons (Fsp3) is 0.222. The second-order valence-corrected chi connectivity index (χ2v) is 6.61. The Labute approximate surface area is 127 Å². The van der Waals surface area contributed by atoms with Crippen LogP contribution in [-0.4, -0.2) is 10.8 Å². The van der Waals surface area contributed by atoms with Gasteiger partial charge in [0, 0.05) is 22.0 Å². The SMILES string of the molecule is O=C(c1cc2c(s1)CCCC2)c1cccc2cccnc12. The topological polar surface area (TPSA) is 30.0 Å². The van der Waals surface area contributed by atoms with Crippen LogP contribution in [0.5, 0.6) is 0 Å². The predicted molar refractivity (Wildman–Crippen MR) is 86.1 cm³/mol. The number of pyridine rings is 1. The van der Waals surface area contributed by atoms with E-state index >= 15 is 0 Å². The number of hydrogen-bond acceptors (Lipinski definition) is 3. The zero-order valence-corrected chi connectivity index (χ0v) is 12.5. The van der Waals surface area contributed by atoms with Crippen LogP contribution in [0.15, 0.2) is 42.6 Å². The van der Waals surface area contributed by atoms with Crippen molar-refractivity contribution in [2.24, 2.45) is 0 Å². The molecule has 0 bridgehead atoms. The van der Waals surface area contributed by atoms with Crippen molar-refractivity contribution < 1.29 is 4.79 Å². The maximum Gasteiger partial charge on any atom is 0.205 e. The highest BCUT2D eigenvalue weighted by Gasteiger charge is 2.19. The van der Waals surface area contributed by atoms with Crippen LogP contribution in [0.3, 0.4) is 0 Å². The lowest BCUT2D eigenvalue weighted by Crippen LogP contribution is -2.00. The Bertz CT molecular complexity index is 805. The van der Waals surface area contributed by atoms with E-state index in [-0.39, 0.29) is 5.78 Å². The number of aromatic nitrogens is 1. The van der Waals surface area contributed by atoms with Crippen molar-refractivity contribution in [1.82, 2.24) is 4.98 Å². The smallest absolute Gasteiger partial charge is 0.205 e. The molecule has 2 aromatic heterocycles. The molecule has 1 aliphatic carbocycles. The molecule has 4 rings (SSSR count). The summed E-state index contributed by atoms with van der Waals surface area (Å²) in [6.07, 6.45) is 6.48. The van der Waals surface area contributed by atoms with Crippen molar-refractivity contribution in [3.8, 4) is 0 Å². The van der Waals surface area contributed by atoms with E-state index in [1.807, 2.05) is 30.3 Å². The Balaban J connectivity index is 1.81. The van der Waals surface area contributed by atoms with E-state index in [2.05, 4.69) is 11.1 Å². The van der Waals surface area contributed by atoms with Crippen LogP contribution >= 0.6 is 11.3 Å². The summed E-state index contributed by atoms with van der Waals surface area (Å²) in [5, 5.41) is 1.02. The molecule has 1 aromatic carbocycles. The first-order valence-electron chi connectivity index (χ1n) is 7.33. The van der Waals surface area contributed by atoms with Gasteiger partial charge in [-0.15, -0.1) is 11.3 Å². The van der Waals surface area contributed by atoms with Gasteiger partial charge in [-0.2, -0.15) is 0 Å². The van der Waals surface area contributed by atoms with Gasteiger partial charge in [-0.1, -0.05) is 18.2 Å². The van der Waals surface area contributed by atoms with Crippen molar-refractivity contribution in [2.75, 3.05) is 0 Å². The highest BCUT2D eigenvalue weighted by Crippen LogP contribution is 2.31. The lowest BCUT2D eigenvalue weighted by Gasteiger charge is -2.08. The van der Waals surface area contributed by atoms with Gasteiger partial charge in [0.1, 0.15) is 0 Å². The summed E-state index contributed by atoms with van der Waals surface area (Å²) in [6.45, 7) is 0. The number of para-hydroxylation sites is 1. The number of aryl methyl sites for hydroxylation is 2. The molecular formula is C18H15NOS. The number of nitrogens with zero attached hydrogens (tertiary/aromatic N) is 1. The zero-order valence-electron chi connectivity index (χ0n) is 11.6. The third-order valence-corrected chi connectivity index (χ3v) is 5.33. The summed E-state index contributed by atoms with van der Waals surface area (Å²) < 4.78 is 0. The van der Waals surface area contributed by atoms with Crippen LogP contribution in [-0.2, 0) is 12.8 Å². The molecule has 104 valence electrons. The molecule has 2 heterocycles. The average molecular weight is 293 g/mol. The largest absolute Gasteiger partial charge is 0.288 e. The van der Waals surface area contributed by atoms with Crippen molar-refractivity contribution in [3.05, 3.63) is 63.5 Å². The Morgan fingerprint density at radius 2 is 1.95 bits per heavy atom. The van der Waals surface area contributed by atoms with E-state index in [1.165, 1.54) is 23.3 Å². The molecule has 0 saturated carbocycles. The molecule has 2 nitrogen and oxygen atoms in total. The second-order valence-electron chi connectivity index (χ2n) is 5.48. The molecule has 0 N–H and O–H groups in total. The molecule has 3 aromatic rings. The predicted octanol–water partition coefficient (Wildman–Crippen LogP) is 4.41. The normalized spacial score (nSPS) is 14.1. The van der Waals surface area contributed by atoms with E-state index in [0.717, 1.165) is 28.6 Å². The van der Waals surface area contributed by atoms with Crippen LogP contribution < -0.4 is 0 Å². The minimum Gasteiger partial charge on any atom is -0.288 e. The highest BCUT2D eigenvalue weighted by molar-refractivity contribution is 7.14. The summed E-state index contributed by atoms with van der Waals surface area (Å²) in [5.41, 5.74) is 2.89. The van der Waals surface area contributed by atoms with Crippen LogP contribution in [0, 0.1) is 0 Å². The first kappa shape index (κ1) is 12.7. The van der Waals surface area contributed by atoms with E-state index in [9.17, 15) is 4.79 Å². The van der Waals surface area contributed by atoms with Gasteiger partial charge in [-0.3, -0.25) is 9.78 Å². The maximum absolute atomic E-state index is 12.8. The second kappa shape index (κ2) is 5.08. The van der Waals surface area contributed by atoms with Crippen molar-refractivity contribution in [3.63, 3.8) is 0 Å². The first-order chi connectivity index (χ1) is 10.3. The third-order valence-electron chi connectivity index (χ3n) is 4.10. The molecular weight excluding hydrogens is 278 g/mol. The molecule has 0 saturated heterocycles. The number of rotatable bonds is 2. The van der Waals surface area contributed by atoms with Gasteiger partial charge in [0.05, 0.1) is 10.4 Å². The molecule has 1 aliphatic rings. The van der Waals surface area contributed by atoms with Gasteiger partial charge < -0.3 is 0 Å². The molecule has 0 fully saturated rings. The quantitative estimate of drug-likeness (QED) is 0.655. The van der Waals surface area contributed by atoms with E-state index in [1.54, 1.807) is 17.5 Å². The van der Waals surface area contributed by atoms with E-state index < -0.39 is 0 Å². The van der Waals surface area contributed by atoms with Crippen LogP contribution in [0.4, 0.5) is 0 Å². The number of carbonyl (C=O) groups excluding carboxylic acids is 1. The molecule has 0 radical (unpaired) electrons. The number of carbonyl (C=O) groups is 1. The van der Waals surface area contributed by atoms with Crippen molar-refractivity contribution in [2.45, 2.75) is 25.7 Å². The fourth-order valence-corrected chi connectivity index (χ4v) is 4.23. The Hall–Kier alpha value is -2.00.